The second-order valence-electron chi connectivity index (χ2n) is 4.88. The summed E-state index contributed by atoms with van der Waals surface area (Å²) in [4.78, 5) is 14.0. The molecule has 1 aromatic rings. The monoisotopic (exact) mass is 270 g/mol. The highest BCUT2D eigenvalue weighted by atomic mass is 32.1. The van der Waals surface area contributed by atoms with Crippen LogP contribution in [-0.2, 0) is 4.74 Å². The molecule has 0 radical (unpaired) electrons. The Morgan fingerprint density at radius 3 is 3.00 bits per heavy atom. The maximum atomic E-state index is 11.5. The van der Waals surface area contributed by atoms with Crippen molar-refractivity contribution in [2.24, 2.45) is 0 Å². The Morgan fingerprint density at radius 2 is 2.39 bits per heavy atom. The van der Waals surface area contributed by atoms with Gasteiger partial charge in [-0.2, -0.15) is 0 Å². The zero-order valence-corrected chi connectivity index (χ0v) is 11.4. The number of thiophene rings is 1. The predicted octanol–water partition coefficient (Wildman–Crippen LogP) is 1.47. The summed E-state index contributed by atoms with van der Waals surface area (Å²) < 4.78 is 4.68. The lowest BCUT2D eigenvalue weighted by atomic mass is 9.95. The van der Waals surface area contributed by atoms with Crippen LogP contribution in [0, 0.1) is 0 Å². The number of methoxy groups -OCH3 is 1. The maximum absolute atomic E-state index is 11.5. The molecule has 1 aliphatic rings. The lowest BCUT2D eigenvalue weighted by Crippen LogP contribution is -2.45. The van der Waals surface area contributed by atoms with Crippen LogP contribution in [0.2, 0.25) is 0 Å². The molecule has 1 atom stereocenters. The van der Waals surface area contributed by atoms with E-state index in [1.807, 2.05) is 6.92 Å². The van der Waals surface area contributed by atoms with Crippen molar-refractivity contribution in [3.8, 4) is 0 Å². The zero-order chi connectivity index (χ0) is 13.3. The molecular formula is C12H18N2O3S. The van der Waals surface area contributed by atoms with Gasteiger partial charge in [-0.05, 0) is 25.8 Å². The van der Waals surface area contributed by atoms with E-state index in [9.17, 15) is 9.90 Å². The summed E-state index contributed by atoms with van der Waals surface area (Å²) in [6, 6.07) is 1.78. The Hall–Kier alpha value is -1.27. The molecule has 100 valence electrons. The average molecular weight is 270 g/mol. The van der Waals surface area contributed by atoms with Crippen LogP contribution < -0.4 is 10.6 Å². The SMILES string of the molecule is COC(=O)c1sc(N2CCCC(C)(O)C2)cc1N. The molecule has 1 saturated heterocycles. The Labute approximate surface area is 110 Å². The summed E-state index contributed by atoms with van der Waals surface area (Å²) in [6.07, 6.45) is 1.73. The van der Waals surface area contributed by atoms with Gasteiger partial charge in [-0.1, -0.05) is 0 Å². The number of nitrogen functional groups attached to an aromatic ring is 1. The minimum absolute atomic E-state index is 0.410. The Balaban J connectivity index is 2.21. The van der Waals surface area contributed by atoms with Crippen molar-refractivity contribution in [1.29, 1.82) is 0 Å². The minimum Gasteiger partial charge on any atom is -0.465 e. The van der Waals surface area contributed by atoms with Crippen molar-refractivity contribution < 1.29 is 14.6 Å². The third-order valence-corrected chi connectivity index (χ3v) is 4.30. The highest BCUT2D eigenvalue weighted by Gasteiger charge is 2.30. The molecule has 3 N–H and O–H groups in total. The average Bonchev–Trinajstić information content (AvgIpc) is 2.69. The summed E-state index contributed by atoms with van der Waals surface area (Å²) in [5.74, 6) is -0.410. The second-order valence-corrected chi connectivity index (χ2v) is 5.91. The fourth-order valence-electron chi connectivity index (χ4n) is 2.21. The minimum atomic E-state index is -0.678. The fourth-order valence-corrected chi connectivity index (χ4v) is 3.23. The van der Waals surface area contributed by atoms with E-state index in [1.165, 1.54) is 18.4 Å². The van der Waals surface area contributed by atoms with Gasteiger partial charge < -0.3 is 20.5 Å². The standard InChI is InChI=1S/C12H18N2O3S/c1-12(16)4-3-5-14(7-12)9-6-8(13)10(18-9)11(15)17-2/h6,16H,3-5,7,13H2,1-2H3. The molecule has 1 unspecified atom stereocenters. The quantitative estimate of drug-likeness (QED) is 0.796. The highest BCUT2D eigenvalue weighted by Crippen LogP contribution is 2.35. The number of β-amino-alcohol motifs (C(OH)–C–C–N with tert-alkyl or cyclic N) is 1. The fraction of sp³-hybridized carbons (Fsp3) is 0.583. The molecule has 0 aromatic carbocycles. The first-order valence-electron chi connectivity index (χ1n) is 5.88. The number of esters is 1. The maximum Gasteiger partial charge on any atom is 0.350 e. The van der Waals surface area contributed by atoms with Crippen LogP contribution in [0.3, 0.4) is 0 Å². The number of nitrogens with two attached hydrogens (primary N) is 1. The molecule has 0 amide bonds. The van der Waals surface area contributed by atoms with Gasteiger partial charge in [-0.25, -0.2) is 4.79 Å². The topological polar surface area (TPSA) is 75.8 Å². The summed E-state index contributed by atoms with van der Waals surface area (Å²) in [7, 11) is 1.34. The number of ether oxygens (including phenoxy) is 1. The van der Waals surface area contributed by atoms with E-state index in [0.717, 1.165) is 24.4 Å². The van der Waals surface area contributed by atoms with E-state index in [1.54, 1.807) is 6.07 Å². The molecule has 0 spiro atoms. The van der Waals surface area contributed by atoms with Gasteiger partial charge in [0.25, 0.3) is 0 Å². The van der Waals surface area contributed by atoms with Gasteiger partial charge in [0.05, 0.1) is 23.4 Å². The van der Waals surface area contributed by atoms with Gasteiger partial charge in [-0.15, -0.1) is 11.3 Å². The van der Waals surface area contributed by atoms with Gasteiger partial charge in [0.1, 0.15) is 4.88 Å². The van der Waals surface area contributed by atoms with E-state index in [0.29, 0.717) is 17.1 Å². The van der Waals surface area contributed by atoms with Gasteiger partial charge in [0, 0.05) is 13.1 Å². The molecule has 2 heterocycles. The predicted molar refractivity (Wildman–Crippen MR) is 72.1 cm³/mol. The zero-order valence-electron chi connectivity index (χ0n) is 10.6. The van der Waals surface area contributed by atoms with E-state index >= 15 is 0 Å². The van der Waals surface area contributed by atoms with Crippen molar-refractivity contribution in [2.75, 3.05) is 30.8 Å². The van der Waals surface area contributed by atoms with E-state index < -0.39 is 11.6 Å². The van der Waals surface area contributed by atoms with Crippen LogP contribution in [0.4, 0.5) is 10.7 Å². The van der Waals surface area contributed by atoms with Gasteiger partial charge in [0.2, 0.25) is 0 Å². The number of anilines is 2. The van der Waals surface area contributed by atoms with Crippen molar-refractivity contribution in [3.63, 3.8) is 0 Å². The lowest BCUT2D eigenvalue weighted by molar-refractivity contribution is 0.0451. The number of hydrogen-bond acceptors (Lipinski definition) is 6. The first-order valence-corrected chi connectivity index (χ1v) is 6.69. The van der Waals surface area contributed by atoms with Crippen LogP contribution in [0.1, 0.15) is 29.4 Å². The number of rotatable bonds is 2. The Bertz CT molecular complexity index is 456. The van der Waals surface area contributed by atoms with Gasteiger partial charge in [-0.3, -0.25) is 0 Å². The lowest BCUT2D eigenvalue weighted by Gasteiger charge is -2.37. The molecular weight excluding hydrogens is 252 g/mol. The van der Waals surface area contributed by atoms with Crippen LogP contribution in [0.15, 0.2) is 6.07 Å². The molecule has 0 saturated carbocycles. The van der Waals surface area contributed by atoms with E-state index in [4.69, 9.17) is 5.73 Å². The molecule has 0 aliphatic carbocycles. The van der Waals surface area contributed by atoms with E-state index in [2.05, 4.69) is 9.64 Å². The van der Waals surface area contributed by atoms with Gasteiger partial charge >= 0.3 is 5.97 Å². The second kappa shape index (κ2) is 4.78. The first-order chi connectivity index (χ1) is 8.43. The molecule has 2 rings (SSSR count). The smallest absolute Gasteiger partial charge is 0.350 e. The number of carbonyl (C=O) groups excluding carboxylic acids is 1. The van der Waals surface area contributed by atoms with Crippen LogP contribution in [0.25, 0.3) is 0 Å². The van der Waals surface area contributed by atoms with E-state index in [-0.39, 0.29) is 0 Å². The molecule has 18 heavy (non-hydrogen) atoms. The first kappa shape index (κ1) is 13.2. The summed E-state index contributed by atoms with van der Waals surface area (Å²) in [5.41, 5.74) is 5.57. The van der Waals surface area contributed by atoms with Crippen LogP contribution >= 0.6 is 11.3 Å². The summed E-state index contributed by atoms with van der Waals surface area (Å²) in [5, 5.41) is 11.0. The summed E-state index contributed by atoms with van der Waals surface area (Å²) in [6.45, 7) is 3.27. The molecule has 1 aromatic heterocycles. The number of nitrogens with zero attached hydrogens (tertiary/aromatic N) is 1. The highest BCUT2D eigenvalue weighted by molar-refractivity contribution is 7.18. The van der Waals surface area contributed by atoms with Gasteiger partial charge in [0.15, 0.2) is 0 Å². The van der Waals surface area contributed by atoms with Crippen molar-refractivity contribution in [1.82, 2.24) is 0 Å². The normalized spacial score (nSPS) is 24.1. The van der Waals surface area contributed by atoms with Crippen LogP contribution in [-0.4, -0.2) is 36.9 Å². The largest absolute Gasteiger partial charge is 0.465 e. The third kappa shape index (κ3) is 2.59. The number of piperidine rings is 1. The Morgan fingerprint density at radius 1 is 1.67 bits per heavy atom. The molecule has 1 fully saturated rings. The van der Waals surface area contributed by atoms with Crippen molar-refractivity contribution in [2.45, 2.75) is 25.4 Å². The number of carbonyl (C=O) groups is 1. The van der Waals surface area contributed by atoms with Crippen LogP contribution in [0.5, 0.6) is 0 Å². The molecule has 5 nitrogen and oxygen atoms in total. The number of aliphatic hydroxyl groups is 1. The molecule has 6 heteroatoms. The molecule has 1 aliphatic heterocycles. The summed E-state index contributed by atoms with van der Waals surface area (Å²) >= 11 is 1.31. The van der Waals surface area contributed by atoms with Crippen molar-refractivity contribution >= 4 is 28.0 Å². The van der Waals surface area contributed by atoms with Crippen molar-refractivity contribution in [3.05, 3.63) is 10.9 Å². The molecule has 0 bridgehead atoms. The number of hydrogen-bond donors (Lipinski definition) is 2. The third-order valence-electron chi connectivity index (χ3n) is 3.11. The Kier molecular flexibility index (Phi) is 3.49.